The van der Waals surface area contributed by atoms with E-state index in [0.29, 0.717) is 6.42 Å². The normalized spacial score (nSPS) is 14.5. The molecular formula is C10H14N2O3. The summed E-state index contributed by atoms with van der Waals surface area (Å²) in [5, 5.41) is 19.5. The highest BCUT2D eigenvalue weighted by Crippen LogP contribution is 2.04. The van der Waals surface area contributed by atoms with Crippen molar-refractivity contribution in [3.05, 3.63) is 46.0 Å². The largest absolute Gasteiger partial charge is 0.385 e. The van der Waals surface area contributed by atoms with E-state index < -0.39 is 23.6 Å². The fourth-order valence-electron chi connectivity index (χ4n) is 1.31. The molecule has 0 radical (unpaired) electrons. The van der Waals surface area contributed by atoms with Crippen LogP contribution in [0.1, 0.15) is 5.56 Å². The van der Waals surface area contributed by atoms with Crippen molar-refractivity contribution < 1.29 is 10.0 Å². The molecule has 15 heavy (non-hydrogen) atoms. The molecule has 0 bridgehead atoms. The zero-order valence-corrected chi connectivity index (χ0v) is 8.24. The molecule has 82 valence electrons. The van der Waals surface area contributed by atoms with Gasteiger partial charge in [-0.3, -0.25) is 10.1 Å². The Balaban J connectivity index is 2.48. The molecule has 0 aliphatic carbocycles. The lowest BCUT2D eigenvalue weighted by atomic mass is 10.0. The van der Waals surface area contributed by atoms with Gasteiger partial charge in [-0.15, -0.1) is 0 Å². The van der Waals surface area contributed by atoms with Crippen LogP contribution in [0.5, 0.6) is 0 Å². The van der Waals surface area contributed by atoms with E-state index in [1.54, 1.807) is 0 Å². The maximum Gasteiger partial charge on any atom is 0.230 e. The van der Waals surface area contributed by atoms with Crippen molar-refractivity contribution in [2.24, 2.45) is 5.73 Å². The molecule has 0 saturated carbocycles. The maximum atomic E-state index is 10.2. The number of hydrogen-bond acceptors (Lipinski definition) is 4. The molecule has 2 unspecified atom stereocenters. The Morgan fingerprint density at radius 1 is 1.40 bits per heavy atom. The SMILES string of the molecule is NC(Cc1ccccc1)C(O)C[N+](=O)[O-]. The van der Waals surface area contributed by atoms with E-state index in [0.717, 1.165) is 5.56 Å². The fourth-order valence-corrected chi connectivity index (χ4v) is 1.31. The second kappa shape index (κ2) is 5.43. The molecule has 0 aliphatic heterocycles. The summed E-state index contributed by atoms with van der Waals surface area (Å²) in [6.07, 6.45) is -0.657. The van der Waals surface area contributed by atoms with Crippen LogP contribution in [0, 0.1) is 10.1 Å². The summed E-state index contributed by atoms with van der Waals surface area (Å²) in [5.74, 6) is 0. The van der Waals surface area contributed by atoms with Gasteiger partial charge in [0.05, 0.1) is 0 Å². The van der Waals surface area contributed by atoms with Gasteiger partial charge >= 0.3 is 0 Å². The molecule has 5 nitrogen and oxygen atoms in total. The first-order valence-corrected chi connectivity index (χ1v) is 4.69. The Morgan fingerprint density at radius 3 is 2.53 bits per heavy atom. The second-order valence-corrected chi connectivity index (χ2v) is 3.44. The highest BCUT2D eigenvalue weighted by atomic mass is 16.6. The zero-order valence-electron chi connectivity index (χ0n) is 8.24. The Kier molecular flexibility index (Phi) is 4.20. The van der Waals surface area contributed by atoms with E-state index in [2.05, 4.69) is 0 Å². The monoisotopic (exact) mass is 210 g/mol. The first-order chi connectivity index (χ1) is 7.09. The number of benzene rings is 1. The van der Waals surface area contributed by atoms with Gasteiger partial charge < -0.3 is 10.8 Å². The van der Waals surface area contributed by atoms with Gasteiger partial charge in [-0.05, 0) is 12.0 Å². The molecule has 1 aromatic carbocycles. The van der Waals surface area contributed by atoms with E-state index in [1.165, 1.54) is 0 Å². The zero-order chi connectivity index (χ0) is 11.3. The molecule has 5 heteroatoms. The topological polar surface area (TPSA) is 89.4 Å². The molecule has 0 saturated heterocycles. The first-order valence-electron chi connectivity index (χ1n) is 4.69. The van der Waals surface area contributed by atoms with E-state index in [9.17, 15) is 15.2 Å². The van der Waals surface area contributed by atoms with Crippen LogP contribution < -0.4 is 5.73 Å². The average Bonchev–Trinajstić information content (AvgIpc) is 2.18. The molecule has 1 rings (SSSR count). The number of nitrogens with zero attached hydrogens (tertiary/aromatic N) is 1. The number of nitro groups is 1. The highest BCUT2D eigenvalue weighted by molar-refractivity contribution is 5.16. The van der Waals surface area contributed by atoms with Crippen LogP contribution in [0.3, 0.4) is 0 Å². The average molecular weight is 210 g/mol. The van der Waals surface area contributed by atoms with E-state index in [-0.39, 0.29) is 0 Å². The van der Waals surface area contributed by atoms with E-state index in [4.69, 9.17) is 5.73 Å². The molecular weight excluding hydrogens is 196 g/mol. The summed E-state index contributed by atoms with van der Waals surface area (Å²) in [7, 11) is 0. The van der Waals surface area contributed by atoms with Crippen molar-refractivity contribution >= 4 is 0 Å². The van der Waals surface area contributed by atoms with Crippen LogP contribution in [0.4, 0.5) is 0 Å². The standard InChI is InChI=1S/C10H14N2O3/c11-9(10(13)7-12(14)15)6-8-4-2-1-3-5-8/h1-5,9-10,13H,6-7,11H2. The summed E-state index contributed by atoms with van der Waals surface area (Å²) in [6, 6.07) is 8.75. The molecule has 0 aromatic heterocycles. The predicted octanol–water partition coefficient (Wildman–Crippen LogP) is 0.194. The van der Waals surface area contributed by atoms with Gasteiger partial charge in [-0.2, -0.15) is 0 Å². The third kappa shape index (κ3) is 4.05. The van der Waals surface area contributed by atoms with Gasteiger partial charge in [0.2, 0.25) is 6.54 Å². The summed E-state index contributed by atoms with van der Waals surface area (Å²) >= 11 is 0. The maximum absolute atomic E-state index is 10.2. The van der Waals surface area contributed by atoms with Gasteiger partial charge in [-0.25, -0.2) is 0 Å². The fraction of sp³-hybridized carbons (Fsp3) is 0.400. The minimum absolute atomic E-state index is 0.440. The van der Waals surface area contributed by atoms with Crippen LogP contribution in [0.25, 0.3) is 0 Å². The third-order valence-corrected chi connectivity index (χ3v) is 2.14. The summed E-state index contributed by atoms with van der Waals surface area (Å²) < 4.78 is 0. The van der Waals surface area contributed by atoms with E-state index in [1.807, 2.05) is 30.3 Å². The quantitative estimate of drug-likeness (QED) is 0.536. The summed E-state index contributed by atoms with van der Waals surface area (Å²) in [5.41, 5.74) is 6.61. The third-order valence-electron chi connectivity index (χ3n) is 2.14. The number of hydrogen-bond donors (Lipinski definition) is 2. The Bertz CT molecular complexity index is 316. The minimum Gasteiger partial charge on any atom is -0.385 e. The first kappa shape index (κ1) is 11.6. The lowest BCUT2D eigenvalue weighted by Crippen LogP contribution is -2.40. The van der Waals surface area contributed by atoms with E-state index >= 15 is 0 Å². The smallest absolute Gasteiger partial charge is 0.230 e. The lowest BCUT2D eigenvalue weighted by molar-refractivity contribution is -0.490. The molecule has 0 amide bonds. The summed E-state index contributed by atoms with van der Waals surface area (Å²) in [4.78, 5) is 9.60. The van der Waals surface area contributed by atoms with Gasteiger partial charge in [-0.1, -0.05) is 30.3 Å². The van der Waals surface area contributed by atoms with Crippen molar-refractivity contribution in [1.82, 2.24) is 0 Å². The van der Waals surface area contributed by atoms with Gasteiger partial charge in [0.1, 0.15) is 6.10 Å². The lowest BCUT2D eigenvalue weighted by Gasteiger charge is -2.15. The second-order valence-electron chi connectivity index (χ2n) is 3.44. The number of nitrogens with two attached hydrogens (primary N) is 1. The van der Waals surface area contributed by atoms with Crippen molar-refractivity contribution in [3.63, 3.8) is 0 Å². The van der Waals surface area contributed by atoms with Gasteiger partial charge in [0.25, 0.3) is 0 Å². The predicted molar refractivity (Wildman–Crippen MR) is 56.0 cm³/mol. The molecule has 0 fully saturated rings. The van der Waals surface area contributed by atoms with Crippen LogP contribution in [-0.2, 0) is 6.42 Å². The molecule has 0 aliphatic rings. The van der Waals surface area contributed by atoms with Crippen LogP contribution in [0.2, 0.25) is 0 Å². The Hall–Kier alpha value is -1.46. The van der Waals surface area contributed by atoms with Crippen LogP contribution in [0.15, 0.2) is 30.3 Å². The number of aliphatic hydroxyl groups is 1. The molecule has 2 atom stereocenters. The van der Waals surface area contributed by atoms with Crippen molar-refractivity contribution in [2.45, 2.75) is 18.6 Å². The molecule has 1 aromatic rings. The van der Waals surface area contributed by atoms with Crippen molar-refractivity contribution in [2.75, 3.05) is 6.54 Å². The van der Waals surface area contributed by atoms with Crippen molar-refractivity contribution in [1.29, 1.82) is 0 Å². The molecule has 0 heterocycles. The van der Waals surface area contributed by atoms with Gasteiger partial charge in [0, 0.05) is 11.0 Å². The van der Waals surface area contributed by atoms with Crippen LogP contribution >= 0.6 is 0 Å². The summed E-state index contributed by atoms with van der Waals surface area (Å²) in [6.45, 7) is -0.506. The number of aliphatic hydroxyl groups excluding tert-OH is 1. The number of rotatable bonds is 5. The Morgan fingerprint density at radius 2 is 2.00 bits per heavy atom. The highest BCUT2D eigenvalue weighted by Gasteiger charge is 2.20. The van der Waals surface area contributed by atoms with Crippen LogP contribution in [-0.4, -0.2) is 28.7 Å². The molecule has 3 N–H and O–H groups in total. The van der Waals surface area contributed by atoms with Gasteiger partial charge in [0.15, 0.2) is 0 Å². The molecule has 0 spiro atoms. The minimum atomic E-state index is -1.10. The van der Waals surface area contributed by atoms with Crippen molar-refractivity contribution in [3.8, 4) is 0 Å². The Labute approximate surface area is 87.7 Å².